The number of aryl methyl sites for hydroxylation is 1. The lowest BCUT2D eigenvalue weighted by Crippen LogP contribution is -2.24. The van der Waals surface area contributed by atoms with Crippen molar-refractivity contribution in [2.75, 3.05) is 11.6 Å². The van der Waals surface area contributed by atoms with Crippen LogP contribution in [0.4, 0.5) is 5.69 Å². The summed E-state index contributed by atoms with van der Waals surface area (Å²) >= 11 is 1.42. The maximum absolute atomic E-state index is 12.8. The van der Waals surface area contributed by atoms with Crippen molar-refractivity contribution in [3.8, 4) is 11.4 Å². The van der Waals surface area contributed by atoms with E-state index in [1.807, 2.05) is 37.4 Å². The highest BCUT2D eigenvalue weighted by Gasteiger charge is 2.19. The van der Waals surface area contributed by atoms with Crippen molar-refractivity contribution < 1.29 is 17.7 Å². The molecule has 31 heavy (non-hydrogen) atoms. The number of hydrogen-bond acceptors (Lipinski definition) is 7. The summed E-state index contributed by atoms with van der Waals surface area (Å²) in [4.78, 5) is 17.1. The number of rotatable bonds is 8. The van der Waals surface area contributed by atoms with Crippen molar-refractivity contribution in [3.05, 3.63) is 53.9 Å². The summed E-state index contributed by atoms with van der Waals surface area (Å²) in [7, 11) is -3.86. The molecule has 1 heterocycles. The van der Waals surface area contributed by atoms with E-state index in [9.17, 15) is 13.2 Å². The highest BCUT2D eigenvalue weighted by molar-refractivity contribution is 7.98. The summed E-state index contributed by atoms with van der Waals surface area (Å²) in [6.45, 7) is 5.36. The second kappa shape index (κ2) is 9.63. The Kier molecular flexibility index (Phi) is 7.14. The Morgan fingerprint density at radius 2 is 1.87 bits per heavy atom. The Labute approximate surface area is 185 Å². The Bertz CT molecular complexity index is 1170. The maximum atomic E-state index is 12.8. The van der Waals surface area contributed by atoms with Crippen LogP contribution in [0.1, 0.15) is 25.3 Å². The molecule has 0 aliphatic heterocycles. The van der Waals surface area contributed by atoms with Gasteiger partial charge in [0.15, 0.2) is 0 Å². The molecule has 10 heteroatoms. The first kappa shape index (κ1) is 23.0. The lowest BCUT2D eigenvalue weighted by Gasteiger charge is -2.13. The van der Waals surface area contributed by atoms with Gasteiger partial charge in [0.25, 0.3) is 0 Å². The Hall–Kier alpha value is -2.69. The van der Waals surface area contributed by atoms with Crippen molar-refractivity contribution in [2.24, 2.45) is 5.92 Å². The fraction of sp³-hybridized carbons (Fsp3) is 0.286. The Morgan fingerprint density at radius 3 is 2.52 bits per heavy atom. The average Bonchev–Trinajstić information content (AvgIpc) is 3.22. The zero-order chi connectivity index (χ0) is 22.6. The van der Waals surface area contributed by atoms with Crippen LogP contribution < -0.4 is 10.0 Å². The highest BCUT2D eigenvalue weighted by atomic mass is 32.2. The van der Waals surface area contributed by atoms with Crippen LogP contribution >= 0.6 is 11.8 Å². The molecule has 0 aliphatic rings. The van der Waals surface area contributed by atoms with Gasteiger partial charge in [-0.15, -0.1) is 11.8 Å². The van der Waals surface area contributed by atoms with Crippen molar-refractivity contribution in [3.63, 3.8) is 0 Å². The molecule has 164 valence electrons. The molecule has 0 unspecified atom stereocenters. The Morgan fingerprint density at radius 1 is 1.16 bits per heavy atom. The van der Waals surface area contributed by atoms with E-state index in [1.165, 1.54) is 23.9 Å². The molecule has 0 saturated heterocycles. The predicted molar refractivity (Wildman–Crippen MR) is 120 cm³/mol. The van der Waals surface area contributed by atoms with E-state index in [0.29, 0.717) is 11.5 Å². The lowest BCUT2D eigenvalue weighted by atomic mass is 10.1. The third kappa shape index (κ3) is 5.72. The normalized spacial score (nSPS) is 11.6. The summed E-state index contributed by atoms with van der Waals surface area (Å²) < 4.78 is 33.2. The van der Waals surface area contributed by atoms with E-state index < -0.39 is 10.0 Å². The van der Waals surface area contributed by atoms with Gasteiger partial charge in [0, 0.05) is 16.4 Å². The minimum absolute atomic E-state index is 0.0302. The van der Waals surface area contributed by atoms with Gasteiger partial charge in [-0.25, -0.2) is 13.1 Å². The quantitative estimate of drug-likeness (QED) is 0.491. The SMILES string of the molecule is CSc1ccc(S(=O)(=O)NCc2nc(-c3ccc(C)cc3)no2)cc1NC(=O)C(C)C. The topological polar surface area (TPSA) is 114 Å². The van der Waals surface area contributed by atoms with Gasteiger partial charge in [-0.3, -0.25) is 4.79 Å². The van der Waals surface area contributed by atoms with E-state index in [4.69, 9.17) is 4.52 Å². The molecule has 0 radical (unpaired) electrons. The van der Waals surface area contributed by atoms with Crippen LogP contribution in [-0.4, -0.2) is 30.7 Å². The first-order valence-electron chi connectivity index (χ1n) is 9.58. The molecule has 1 amide bonds. The minimum Gasteiger partial charge on any atom is -0.338 e. The number of nitrogens with one attached hydrogen (secondary N) is 2. The molecule has 0 saturated carbocycles. The molecule has 3 rings (SSSR count). The fourth-order valence-corrected chi connectivity index (χ4v) is 4.15. The second-order valence-corrected chi connectivity index (χ2v) is 9.82. The number of carbonyl (C=O) groups excluding carboxylic acids is 1. The molecule has 3 aromatic rings. The first-order chi connectivity index (χ1) is 14.7. The van der Waals surface area contributed by atoms with Gasteiger partial charge in [-0.05, 0) is 31.4 Å². The number of hydrogen-bond donors (Lipinski definition) is 2. The van der Waals surface area contributed by atoms with Crippen molar-refractivity contribution >= 4 is 33.4 Å². The maximum Gasteiger partial charge on any atom is 0.242 e. The number of benzene rings is 2. The van der Waals surface area contributed by atoms with E-state index in [2.05, 4.69) is 20.2 Å². The highest BCUT2D eigenvalue weighted by Crippen LogP contribution is 2.28. The van der Waals surface area contributed by atoms with E-state index in [0.717, 1.165) is 16.0 Å². The summed E-state index contributed by atoms with van der Waals surface area (Å²) in [5, 5.41) is 6.68. The van der Waals surface area contributed by atoms with Crippen LogP contribution in [0.15, 0.2) is 56.8 Å². The molecule has 8 nitrogen and oxygen atoms in total. The third-order valence-electron chi connectivity index (χ3n) is 4.45. The van der Waals surface area contributed by atoms with Crippen molar-refractivity contribution in [1.29, 1.82) is 0 Å². The molecule has 0 fully saturated rings. The largest absolute Gasteiger partial charge is 0.338 e. The predicted octanol–water partition coefficient (Wildman–Crippen LogP) is 3.84. The number of nitrogens with zero attached hydrogens (tertiary/aromatic N) is 2. The van der Waals surface area contributed by atoms with Gasteiger partial charge in [0.1, 0.15) is 0 Å². The van der Waals surface area contributed by atoms with Gasteiger partial charge < -0.3 is 9.84 Å². The smallest absolute Gasteiger partial charge is 0.242 e. The molecule has 0 bridgehead atoms. The lowest BCUT2D eigenvalue weighted by molar-refractivity contribution is -0.118. The number of carbonyl (C=O) groups is 1. The van der Waals surface area contributed by atoms with Gasteiger partial charge in [0.05, 0.1) is 17.1 Å². The van der Waals surface area contributed by atoms with E-state index >= 15 is 0 Å². The number of sulfonamides is 1. The van der Waals surface area contributed by atoms with E-state index in [-0.39, 0.29) is 29.2 Å². The van der Waals surface area contributed by atoms with Gasteiger partial charge >= 0.3 is 0 Å². The first-order valence-corrected chi connectivity index (χ1v) is 12.3. The molecule has 0 aliphatic carbocycles. The molecule has 0 atom stereocenters. The zero-order valence-corrected chi connectivity index (χ0v) is 19.3. The number of anilines is 1. The minimum atomic E-state index is -3.86. The van der Waals surface area contributed by atoms with Gasteiger partial charge in [-0.1, -0.05) is 48.8 Å². The average molecular weight is 461 g/mol. The molecular weight excluding hydrogens is 436 g/mol. The molecule has 0 spiro atoms. The molecule has 2 aromatic carbocycles. The number of thioether (sulfide) groups is 1. The summed E-state index contributed by atoms with van der Waals surface area (Å²) in [5.74, 6) is 0.117. The molecular formula is C21H24N4O4S2. The standard InChI is InChI=1S/C21H24N4O4S2/c1-13(2)21(26)23-17-11-16(9-10-18(17)30-4)31(27,28)22-12-19-24-20(25-29-19)15-7-5-14(3)6-8-15/h5-11,13,22H,12H2,1-4H3,(H,23,26). The van der Waals surface area contributed by atoms with Crippen LogP contribution in [0.3, 0.4) is 0 Å². The fourth-order valence-electron chi connectivity index (χ4n) is 2.62. The zero-order valence-electron chi connectivity index (χ0n) is 17.7. The molecule has 1 aromatic heterocycles. The van der Waals surface area contributed by atoms with Crippen LogP contribution in [0.25, 0.3) is 11.4 Å². The second-order valence-electron chi connectivity index (χ2n) is 7.21. The summed E-state index contributed by atoms with van der Waals surface area (Å²) in [6.07, 6.45) is 1.86. The summed E-state index contributed by atoms with van der Waals surface area (Å²) in [5.41, 5.74) is 2.34. The third-order valence-corrected chi connectivity index (χ3v) is 6.65. The van der Waals surface area contributed by atoms with Crippen molar-refractivity contribution in [1.82, 2.24) is 14.9 Å². The van der Waals surface area contributed by atoms with Gasteiger partial charge in [-0.2, -0.15) is 4.98 Å². The van der Waals surface area contributed by atoms with Crippen molar-refractivity contribution in [2.45, 2.75) is 37.1 Å². The number of aromatic nitrogens is 2. The van der Waals surface area contributed by atoms with Crippen LogP contribution in [-0.2, 0) is 21.4 Å². The number of amides is 1. The van der Waals surface area contributed by atoms with E-state index in [1.54, 1.807) is 19.9 Å². The molecule has 2 N–H and O–H groups in total. The monoisotopic (exact) mass is 460 g/mol. The Balaban J connectivity index is 1.75. The van der Waals surface area contributed by atoms with Crippen LogP contribution in [0.2, 0.25) is 0 Å². The van der Waals surface area contributed by atoms with Gasteiger partial charge in [0.2, 0.25) is 27.6 Å². The summed E-state index contributed by atoms with van der Waals surface area (Å²) in [6, 6.07) is 12.2. The van der Waals surface area contributed by atoms with Crippen LogP contribution in [0.5, 0.6) is 0 Å². The van der Waals surface area contributed by atoms with Crippen LogP contribution in [0, 0.1) is 12.8 Å².